The maximum absolute atomic E-state index is 12.8. The highest BCUT2D eigenvalue weighted by atomic mass is 32.2. The van der Waals surface area contributed by atoms with E-state index in [0.717, 1.165) is 16.9 Å². The SMILES string of the molecule is COc1cc(OC)c(C=CS(=O)(=O)Nc2cnc3c(-c4nc(C)ns4)c(=O)n(C)n3c2)c(OC)c1. The van der Waals surface area contributed by atoms with Gasteiger partial charge in [-0.3, -0.25) is 9.52 Å². The number of benzene rings is 1. The third-order valence-electron chi connectivity index (χ3n) is 5.03. The smallest absolute Gasteiger partial charge is 0.279 e. The first-order chi connectivity index (χ1) is 16.7. The van der Waals surface area contributed by atoms with E-state index in [1.165, 1.54) is 49.0 Å². The number of nitrogens with one attached hydrogen (secondary N) is 1. The molecule has 12 nitrogen and oxygen atoms in total. The van der Waals surface area contributed by atoms with Gasteiger partial charge in [-0.1, -0.05) is 0 Å². The van der Waals surface area contributed by atoms with Crippen molar-refractivity contribution in [2.45, 2.75) is 6.92 Å². The molecule has 0 saturated heterocycles. The summed E-state index contributed by atoms with van der Waals surface area (Å²) >= 11 is 1.10. The largest absolute Gasteiger partial charge is 0.496 e. The summed E-state index contributed by atoms with van der Waals surface area (Å²) in [6.07, 6.45) is 4.14. The molecule has 0 atom stereocenters. The number of methoxy groups -OCH3 is 3. The first-order valence-electron chi connectivity index (χ1n) is 10.1. The van der Waals surface area contributed by atoms with Crippen LogP contribution in [0.2, 0.25) is 0 Å². The molecule has 1 N–H and O–H groups in total. The van der Waals surface area contributed by atoms with Crippen LogP contribution in [0.5, 0.6) is 17.2 Å². The minimum atomic E-state index is -3.97. The van der Waals surface area contributed by atoms with Crippen molar-refractivity contribution in [3.05, 3.63) is 51.7 Å². The van der Waals surface area contributed by atoms with Crippen molar-refractivity contribution >= 4 is 39.0 Å². The molecular formula is C21H22N6O6S2. The first kappa shape index (κ1) is 24.2. The molecule has 1 aromatic carbocycles. The first-order valence-corrected chi connectivity index (χ1v) is 12.4. The maximum atomic E-state index is 12.8. The van der Waals surface area contributed by atoms with Gasteiger partial charge in [0.05, 0.1) is 50.4 Å². The predicted molar refractivity (Wildman–Crippen MR) is 132 cm³/mol. The van der Waals surface area contributed by atoms with E-state index in [0.29, 0.717) is 44.9 Å². The number of nitrogens with zero attached hydrogens (tertiary/aromatic N) is 5. The van der Waals surface area contributed by atoms with Gasteiger partial charge in [-0.2, -0.15) is 4.37 Å². The molecule has 3 heterocycles. The highest BCUT2D eigenvalue weighted by Crippen LogP contribution is 2.35. The summed E-state index contributed by atoms with van der Waals surface area (Å²) < 4.78 is 50.8. The zero-order valence-corrected chi connectivity index (χ0v) is 21.1. The molecule has 0 saturated carbocycles. The molecule has 0 fully saturated rings. The Morgan fingerprint density at radius 1 is 1.11 bits per heavy atom. The van der Waals surface area contributed by atoms with Crippen molar-refractivity contribution in [1.29, 1.82) is 0 Å². The summed E-state index contributed by atoms with van der Waals surface area (Å²) in [7, 11) is 2.00. The highest BCUT2D eigenvalue weighted by molar-refractivity contribution is 7.95. The fourth-order valence-electron chi connectivity index (χ4n) is 3.37. The molecule has 0 radical (unpaired) electrons. The Morgan fingerprint density at radius 2 is 1.80 bits per heavy atom. The molecule has 0 aliphatic heterocycles. The van der Waals surface area contributed by atoms with Crippen LogP contribution in [-0.4, -0.2) is 53.3 Å². The molecule has 0 unspecified atom stereocenters. The van der Waals surface area contributed by atoms with Gasteiger partial charge in [-0.15, -0.1) is 0 Å². The summed E-state index contributed by atoms with van der Waals surface area (Å²) in [5.74, 6) is 1.79. The molecule has 0 amide bonds. The average Bonchev–Trinajstić information content (AvgIpc) is 3.37. The summed E-state index contributed by atoms with van der Waals surface area (Å²) in [5.41, 5.74) is 0.874. The van der Waals surface area contributed by atoms with E-state index in [-0.39, 0.29) is 11.2 Å². The average molecular weight is 519 g/mol. The van der Waals surface area contributed by atoms with E-state index in [9.17, 15) is 13.2 Å². The second kappa shape index (κ2) is 9.38. The Hall–Kier alpha value is -3.91. The van der Waals surface area contributed by atoms with E-state index in [4.69, 9.17) is 14.2 Å². The number of aryl methyl sites for hydroxylation is 2. The van der Waals surface area contributed by atoms with Crippen LogP contribution in [0, 0.1) is 6.92 Å². The zero-order valence-electron chi connectivity index (χ0n) is 19.5. The van der Waals surface area contributed by atoms with Gasteiger partial charge in [0.2, 0.25) is 0 Å². The van der Waals surface area contributed by atoms with Gasteiger partial charge < -0.3 is 14.2 Å². The molecule has 3 aromatic heterocycles. The monoisotopic (exact) mass is 518 g/mol. The predicted octanol–water partition coefficient (Wildman–Crippen LogP) is 2.30. The maximum Gasteiger partial charge on any atom is 0.279 e. The number of fused-ring (bicyclic) bond motifs is 1. The van der Waals surface area contributed by atoms with Gasteiger partial charge in [-0.05, 0) is 24.5 Å². The molecule has 4 aromatic rings. The second-order valence-corrected chi connectivity index (χ2v) is 9.57. The summed E-state index contributed by atoms with van der Waals surface area (Å²) in [6.45, 7) is 1.73. The van der Waals surface area contributed by atoms with Gasteiger partial charge >= 0.3 is 0 Å². The van der Waals surface area contributed by atoms with Crippen LogP contribution in [0.3, 0.4) is 0 Å². The Kier molecular flexibility index (Phi) is 6.49. The lowest BCUT2D eigenvalue weighted by Gasteiger charge is -2.12. The lowest BCUT2D eigenvalue weighted by atomic mass is 10.1. The Labute approximate surface area is 204 Å². The van der Waals surface area contributed by atoms with E-state index in [1.54, 1.807) is 26.1 Å². The lowest BCUT2D eigenvalue weighted by molar-refractivity contribution is 0.374. The molecule has 4 rings (SSSR count). The Bertz CT molecular complexity index is 1580. The van der Waals surface area contributed by atoms with Crippen LogP contribution in [0.25, 0.3) is 22.3 Å². The number of anilines is 1. The van der Waals surface area contributed by atoms with Gasteiger partial charge in [0.25, 0.3) is 15.6 Å². The third kappa shape index (κ3) is 4.70. The molecular weight excluding hydrogens is 496 g/mol. The standard InChI is InChI=1S/C21H22N6O6S2/c1-12-23-20(34-24-12)18-19-22-10-13(11-27(19)26(2)21(18)28)25-35(29,30)7-6-15-16(32-4)8-14(31-3)9-17(15)33-5/h6-11,25H,1-5H3. The number of ether oxygens (including phenoxy) is 3. The highest BCUT2D eigenvalue weighted by Gasteiger charge is 2.20. The number of sulfonamides is 1. The fourth-order valence-corrected chi connectivity index (χ4v) is 4.89. The van der Waals surface area contributed by atoms with E-state index in [1.807, 2.05) is 0 Å². The second-order valence-electron chi connectivity index (χ2n) is 7.26. The normalized spacial score (nSPS) is 11.8. The number of aromatic nitrogens is 5. The summed E-state index contributed by atoms with van der Waals surface area (Å²) in [4.78, 5) is 21.4. The minimum Gasteiger partial charge on any atom is -0.496 e. The van der Waals surface area contributed by atoms with Crippen molar-refractivity contribution in [3.63, 3.8) is 0 Å². The quantitative estimate of drug-likeness (QED) is 0.372. The fraction of sp³-hybridized carbons (Fsp3) is 0.238. The van der Waals surface area contributed by atoms with Crippen molar-refractivity contribution in [2.75, 3.05) is 26.1 Å². The van der Waals surface area contributed by atoms with Crippen LogP contribution in [-0.2, 0) is 17.1 Å². The van der Waals surface area contributed by atoms with Gasteiger partial charge in [0, 0.05) is 19.2 Å². The topological polar surface area (TPSA) is 139 Å². The molecule has 0 spiro atoms. The molecule has 35 heavy (non-hydrogen) atoms. The van der Waals surface area contributed by atoms with Crippen molar-refractivity contribution in [1.82, 2.24) is 23.5 Å². The van der Waals surface area contributed by atoms with Gasteiger partial charge in [0.15, 0.2) is 10.7 Å². The van der Waals surface area contributed by atoms with Crippen LogP contribution < -0.4 is 24.5 Å². The van der Waals surface area contributed by atoms with Crippen LogP contribution >= 0.6 is 11.5 Å². The summed E-state index contributed by atoms with van der Waals surface area (Å²) in [5, 5.41) is 1.42. The van der Waals surface area contributed by atoms with Gasteiger partial charge in [-0.25, -0.2) is 27.6 Å². The van der Waals surface area contributed by atoms with E-state index < -0.39 is 10.0 Å². The number of rotatable bonds is 8. The Balaban J connectivity index is 1.67. The molecule has 184 valence electrons. The van der Waals surface area contributed by atoms with Crippen LogP contribution in [0.15, 0.2) is 34.7 Å². The molecule has 14 heteroatoms. The van der Waals surface area contributed by atoms with Crippen molar-refractivity contribution in [2.24, 2.45) is 7.05 Å². The van der Waals surface area contributed by atoms with E-state index in [2.05, 4.69) is 19.1 Å². The lowest BCUT2D eigenvalue weighted by Crippen LogP contribution is -2.16. The van der Waals surface area contributed by atoms with Crippen LogP contribution in [0.1, 0.15) is 11.4 Å². The van der Waals surface area contributed by atoms with Crippen molar-refractivity contribution < 1.29 is 22.6 Å². The third-order valence-corrected chi connectivity index (χ3v) is 6.87. The number of hydrogen-bond donors (Lipinski definition) is 1. The van der Waals surface area contributed by atoms with Crippen molar-refractivity contribution in [3.8, 4) is 27.8 Å². The molecule has 0 aliphatic carbocycles. The zero-order chi connectivity index (χ0) is 25.3. The van der Waals surface area contributed by atoms with Crippen LogP contribution in [0.4, 0.5) is 5.69 Å². The molecule has 0 bridgehead atoms. The summed E-state index contributed by atoms with van der Waals surface area (Å²) in [6, 6.07) is 3.23. The number of hydrogen-bond acceptors (Lipinski definition) is 10. The molecule has 0 aliphatic rings. The van der Waals surface area contributed by atoms with E-state index >= 15 is 0 Å². The minimum absolute atomic E-state index is 0.154. The van der Waals surface area contributed by atoms with Gasteiger partial charge in [0.1, 0.15) is 28.6 Å². The Morgan fingerprint density at radius 3 is 2.37 bits per heavy atom.